The van der Waals surface area contributed by atoms with Crippen LogP contribution < -0.4 is 51.0 Å². The zero-order valence-corrected chi connectivity index (χ0v) is 30.6. The van der Waals surface area contributed by atoms with Crippen LogP contribution in [0, 0.1) is 0 Å². The molecule has 258 valence electrons. The number of carbonyl (C=O) groups excluding carboxylic acids is 1. The number of nitrogens with two attached hydrogens (primary N) is 2. The second kappa shape index (κ2) is 20.5. The van der Waals surface area contributed by atoms with Crippen LogP contribution in [-0.2, 0) is 23.4 Å². The molecular weight excluding hydrogens is 643 g/mol. The van der Waals surface area contributed by atoms with Gasteiger partial charge in [0.15, 0.2) is 23.4 Å². The summed E-state index contributed by atoms with van der Waals surface area (Å²) in [6.07, 6.45) is 17.2. The molecule has 1 unspecified atom stereocenters. The van der Waals surface area contributed by atoms with Crippen molar-refractivity contribution < 1.29 is 67.3 Å². The van der Waals surface area contributed by atoms with Crippen molar-refractivity contribution in [3.05, 3.63) is 30.6 Å². The average molecular weight is 692 g/mol. The number of nitrogens with one attached hydrogen (secondary N) is 1. The molecule has 3 heterocycles. The summed E-state index contributed by atoms with van der Waals surface area (Å²) in [4.78, 5) is 36.2. The minimum absolute atomic E-state index is 0. The zero-order valence-electron chi connectivity index (χ0n) is 27.7. The summed E-state index contributed by atoms with van der Waals surface area (Å²) in [6.45, 7) is 2.11. The number of aliphatic hydroxyl groups excluding tert-OH is 1. The van der Waals surface area contributed by atoms with E-state index in [4.69, 9.17) is 25.5 Å². The van der Waals surface area contributed by atoms with Crippen molar-refractivity contribution >= 4 is 36.6 Å². The van der Waals surface area contributed by atoms with E-state index < -0.39 is 51.0 Å². The number of hydrogen-bond acceptors (Lipinski definition) is 12. The molecule has 2 aromatic rings. The third-order valence-corrected chi connectivity index (χ3v) is 8.65. The van der Waals surface area contributed by atoms with Crippen LogP contribution in [0.4, 0.5) is 16.2 Å². The number of carbonyl (C=O) groups is 1. The third-order valence-electron chi connectivity index (χ3n) is 7.62. The molecule has 47 heavy (non-hydrogen) atoms. The molecule has 1 aliphatic rings. The van der Waals surface area contributed by atoms with Gasteiger partial charge in [-0.3, -0.25) is 13.9 Å². The van der Waals surface area contributed by atoms with E-state index in [1.807, 2.05) is 5.09 Å². The molecular formula is C30H48FN7NaO7P. The van der Waals surface area contributed by atoms with Crippen LogP contribution in [0.2, 0.25) is 0 Å². The maximum Gasteiger partial charge on any atom is 1.00 e. The van der Waals surface area contributed by atoms with E-state index in [0.29, 0.717) is 6.42 Å². The molecule has 6 N–H and O–H groups in total. The predicted octanol–water partition coefficient (Wildman–Crippen LogP) is 1.02. The summed E-state index contributed by atoms with van der Waals surface area (Å²) in [5.41, 5.74) is 9.27. The Balaban J connectivity index is 0.00000768. The van der Waals surface area contributed by atoms with Gasteiger partial charge >= 0.3 is 35.5 Å². The number of esters is 1. The number of fused-ring (bicyclic) bond motifs is 1. The average Bonchev–Trinajstić information content (AvgIpc) is 3.52. The van der Waals surface area contributed by atoms with E-state index in [2.05, 4.69) is 46.2 Å². The van der Waals surface area contributed by atoms with Crippen molar-refractivity contribution in [2.24, 2.45) is 0 Å². The molecule has 1 fully saturated rings. The summed E-state index contributed by atoms with van der Waals surface area (Å²) in [7, 11) is -4.77. The van der Waals surface area contributed by atoms with E-state index >= 15 is 4.39 Å². The molecule has 0 aliphatic carbocycles. The molecule has 2 aromatic heterocycles. The number of nitrogen functional groups attached to an aromatic ring is 2. The van der Waals surface area contributed by atoms with Gasteiger partial charge in [0.1, 0.15) is 24.3 Å². The summed E-state index contributed by atoms with van der Waals surface area (Å²) in [5, 5.41) is 12.6. The van der Waals surface area contributed by atoms with Gasteiger partial charge in [0.25, 0.3) is 0 Å². The van der Waals surface area contributed by atoms with Crippen LogP contribution in [0.1, 0.15) is 90.7 Å². The zero-order chi connectivity index (χ0) is 33.6. The number of nitrogens with zero attached hydrogens (tertiary/aromatic N) is 4. The van der Waals surface area contributed by atoms with Gasteiger partial charge in [-0.2, -0.15) is 9.97 Å². The van der Waals surface area contributed by atoms with Gasteiger partial charge in [-0.1, -0.05) is 63.3 Å². The molecule has 5 atom stereocenters. The fourth-order valence-electron chi connectivity index (χ4n) is 5.01. The maximum absolute atomic E-state index is 15.6. The second-order valence-corrected chi connectivity index (χ2v) is 13.1. The minimum Gasteiger partial charge on any atom is -0.766 e. The number of ether oxygens (including phenoxy) is 2. The maximum atomic E-state index is 15.6. The predicted molar refractivity (Wildman–Crippen MR) is 171 cm³/mol. The number of allylic oxidation sites excluding steroid dienone is 4. The molecule has 0 spiro atoms. The molecule has 17 heteroatoms. The summed E-state index contributed by atoms with van der Waals surface area (Å²) in [6, 6.07) is 0. The van der Waals surface area contributed by atoms with E-state index in [9.17, 15) is 19.4 Å². The quantitative estimate of drug-likeness (QED) is 0.0474. The monoisotopic (exact) mass is 691 g/mol. The van der Waals surface area contributed by atoms with Gasteiger partial charge < -0.3 is 35.5 Å². The normalized spacial score (nSPS) is 22.6. The Morgan fingerprint density at radius 3 is 2.51 bits per heavy atom. The molecule has 1 saturated heterocycles. The Kier molecular flexibility index (Phi) is 18.0. The first-order valence-electron chi connectivity index (χ1n) is 15.9. The van der Waals surface area contributed by atoms with E-state index in [-0.39, 0.29) is 59.1 Å². The Labute approximate surface area is 297 Å². The van der Waals surface area contributed by atoms with Crippen LogP contribution in [0.5, 0.6) is 0 Å². The Morgan fingerprint density at radius 2 is 1.81 bits per heavy atom. The molecule has 0 bridgehead atoms. The number of aliphatic hydroxyl groups is 1. The van der Waals surface area contributed by atoms with Gasteiger partial charge in [0, 0.05) is 0 Å². The number of anilines is 2. The van der Waals surface area contributed by atoms with Crippen molar-refractivity contribution in [1.29, 1.82) is 0 Å². The fraction of sp³-hybridized carbons (Fsp3) is 0.667. The summed E-state index contributed by atoms with van der Waals surface area (Å²) < 4.78 is 44.7. The van der Waals surface area contributed by atoms with Crippen molar-refractivity contribution in [3.63, 3.8) is 0 Å². The number of unbranched alkanes of at least 4 members (excludes halogenated alkanes) is 8. The molecule has 0 aromatic carbocycles. The number of imidazole rings is 1. The van der Waals surface area contributed by atoms with Crippen LogP contribution in [0.25, 0.3) is 11.2 Å². The van der Waals surface area contributed by atoms with Gasteiger partial charge in [0.05, 0.1) is 19.5 Å². The summed E-state index contributed by atoms with van der Waals surface area (Å²) in [5.74, 6) is -0.956. The molecule has 3 rings (SSSR count). The van der Waals surface area contributed by atoms with Crippen LogP contribution >= 0.6 is 7.75 Å². The van der Waals surface area contributed by atoms with Gasteiger partial charge in [-0.15, -0.1) is 0 Å². The fourth-order valence-corrected chi connectivity index (χ4v) is 5.76. The largest absolute Gasteiger partial charge is 1.00 e. The van der Waals surface area contributed by atoms with Crippen molar-refractivity contribution in [2.45, 2.75) is 109 Å². The third kappa shape index (κ3) is 13.1. The van der Waals surface area contributed by atoms with Gasteiger partial charge in [0.2, 0.25) is 13.7 Å². The van der Waals surface area contributed by atoms with Gasteiger partial charge in [-0.05, 0) is 45.4 Å². The molecule has 14 nitrogen and oxygen atoms in total. The standard InChI is InChI=1S/C30H49FN7O7P.Na/c1-3-4-5-6-7-8-9-10-11-12-13-14-15-16-17-18-43-23(39)19-35-46(41,42)44-20-22-25(40)30(2,31)28(45-22)38-21-34-24-26(32)36-29(33)37-27(24)38;/h7-8,10-11,21-22,25,28,40H,3-6,9,12-20H2,1-2H3,(H2,35,41,42)(H4,32,33,36,37);/q;+1/p-1/b8-7-,11-10-;/t22-,25+,28-,30+;/m1./s1. The van der Waals surface area contributed by atoms with Crippen LogP contribution in [0.3, 0.4) is 0 Å². The Hall–Kier alpha value is -1.94. The first kappa shape index (κ1) is 41.2. The van der Waals surface area contributed by atoms with E-state index in [1.54, 1.807) is 0 Å². The van der Waals surface area contributed by atoms with E-state index in [1.165, 1.54) is 30.2 Å². The molecule has 0 radical (unpaired) electrons. The number of rotatable bonds is 21. The number of aromatic nitrogens is 4. The number of hydrogen-bond donors (Lipinski definition) is 4. The van der Waals surface area contributed by atoms with Crippen LogP contribution in [0.15, 0.2) is 30.6 Å². The number of halogens is 1. The topological polar surface area (TPSA) is 213 Å². The smallest absolute Gasteiger partial charge is 0.766 e. The minimum atomic E-state index is -4.77. The van der Waals surface area contributed by atoms with Crippen molar-refractivity contribution in [3.8, 4) is 0 Å². The molecule has 1 aliphatic heterocycles. The second-order valence-electron chi connectivity index (χ2n) is 11.5. The Morgan fingerprint density at radius 1 is 1.15 bits per heavy atom. The molecule has 0 amide bonds. The first-order valence-corrected chi connectivity index (χ1v) is 17.4. The Bertz CT molecular complexity index is 1360. The summed E-state index contributed by atoms with van der Waals surface area (Å²) >= 11 is 0. The number of alkyl halides is 1. The van der Waals surface area contributed by atoms with Crippen LogP contribution in [-0.4, -0.2) is 68.2 Å². The molecule has 0 saturated carbocycles. The first-order chi connectivity index (χ1) is 22.0. The van der Waals surface area contributed by atoms with Crippen molar-refractivity contribution in [2.75, 3.05) is 31.2 Å². The van der Waals surface area contributed by atoms with Crippen molar-refractivity contribution in [1.82, 2.24) is 24.6 Å². The van der Waals surface area contributed by atoms with E-state index in [0.717, 1.165) is 51.9 Å². The SMILES string of the molecule is CCCCC/C=C\C/C=C\CCCCCCCOC(=O)CNP(=O)([O-])OC[C@H]1O[C@@H](n2cnc3c(N)nc(N)nc32)[C@@](C)(F)[C@H]1O.[Na+]. The van der Waals surface area contributed by atoms with Gasteiger partial charge in [-0.25, -0.2) is 14.5 Å².